The third-order valence-corrected chi connectivity index (χ3v) is 2.91. The van der Waals surface area contributed by atoms with Gasteiger partial charge in [-0.15, -0.1) is 0 Å². The number of carboxylic acids is 1. The van der Waals surface area contributed by atoms with Gasteiger partial charge in [0.2, 0.25) is 0 Å². The van der Waals surface area contributed by atoms with E-state index in [-0.39, 0.29) is 5.92 Å². The molecule has 4 nitrogen and oxygen atoms in total. The van der Waals surface area contributed by atoms with E-state index >= 15 is 0 Å². The summed E-state index contributed by atoms with van der Waals surface area (Å²) in [7, 11) is 0. The molecule has 2 rings (SSSR count). The summed E-state index contributed by atoms with van der Waals surface area (Å²) in [5, 5.41) is 10.0. The van der Waals surface area contributed by atoms with E-state index in [1.807, 2.05) is 31.2 Å². The number of aliphatic carboxylic acids is 1. The Bertz CT molecular complexity index is 534. The molecule has 1 heterocycles. The smallest absolute Gasteiger partial charge is 0.306 e. The van der Waals surface area contributed by atoms with Crippen molar-refractivity contribution in [3.63, 3.8) is 0 Å². The lowest BCUT2D eigenvalue weighted by atomic mass is 9.98. The van der Waals surface area contributed by atoms with Crippen LogP contribution in [0.3, 0.4) is 0 Å². The molecule has 1 atom stereocenters. The van der Waals surface area contributed by atoms with Gasteiger partial charge in [0.05, 0.1) is 17.1 Å². The number of fused-ring (bicyclic) bond motifs is 1. The quantitative estimate of drug-likeness (QED) is 0.875. The predicted molar refractivity (Wildman–Crippen MR) is 64.7 cm³/mol. The number of para-hydroxylation sites is 1. The summed E-state index contributed by atoms with van der Waals surface area (Å²) >= 11 is 0. The molecule has 0 aliphatic carbocycles. The topological polar surface area (TPSA) is 63.1 Å². The predicted octanol–water partition coefficient (Wildman–Crippen LogP) is 2.28. The molecule has 1 aromatic heterocycles. The molecule has 2 aromatic rings. The van der Waals surface area contributed by atoms with Gasteiger partial charge in [-0.2, -0.15) is 0 Å². The molecule has 0 fully saturated rings. The van der Waals surface area contributed by atoms with Crippen LogP contribution >= 0.6 is 0 Å². The molecule has 0 spiro atoms. The number of rotatable bonds is 4. The Morgan fingerprint density at radius 2 is 2.12 bits per heavy atom. The van der Waals surface area contributed by atoms with Crippen molar-refractivity contribution in [3.8, 4) is 0 Å². The zero-order valence-corrected chi connectivity index (χ0v) is 9.63. The van der Waals surface area contributed by atoms with Crippen LogP contribution in [0.25, 0.3) is 10.9 Å². The molecule has 0 saturated carbocycles. The average Bonchev–Trinajstić information content (AvgIpc) is 2.35. The van der Waals surface area contributed by atoms with Crippen LogP contribution in [0.2, 0.25) is 0 Å². The highest BCUT2D eigenvalue weighted by Crippen LogP contribution is 2.18. The van der Waals surface area contributed by atoms with Crippen molar-refractivity contribution in [2.75, 3.05) is 0 Å². The van der Waals surface area contributed by atoms with Crippen LogP contribution in [0, 0.1) is 5.92 Å². The van der Waals surface area contributed by atoms with Crippen LogP contribution in [0.5, 0.6) is 0 Å². The molecule has 88 valence electrons. The molecule has 0 bridgehead atoms. The van der Waals surface area contributed by atoms with E-state index in [1.54, 1.807) is 0 Å². The maximum absolute atomic E-state index is 11.0. The lowest BCUT2D eigenvalue weighted by molar-refractivity contribution is -0.141. The fourth-order valence-electron chi connectivity index (χ4n) is 1.86. The van der Waals surface area contributed by atoms with E-state index in [1.165, 1.54) is 6.33 Å². The second kappa shape index (κ2) is 4.91. The minimum absolute atomic E-state index is 0.381. The van der Waals surface area contributed by atoms with Crippen molar-refractivity contribution in [3.05, 3.63) is 36.3 Å². The van der Waals surface area contributed by atoms with Gasteiger partial charge in [-0.25, -0.2) is 9.97 Å². The summed E-state index contributed by atoms with van der Waals surface area (Å²) < 4.78 is 0. The van der Waals surface area contributed by atoms with E-state index in [2.05, 4.69) is 9.97 Å². The average molecular weight is 230 g/mol. The van der Waals surface area contributed by atoms with Crippen molar-refractivity contribution in [1.29, 1.82) is 0 Å². The van der Waals surface area contributed by atoms with E-state index < -0.39 is 5.97 Å². The Balaban J connectivity index is 2.38. The van der Waals surface area contributed by atoms with Crippen LogP contribution in [0.15, 0.2) is 30.6 Å². The van der Waals surface area contributed by atoms with Gasteiger partial charge >= 0.3 is 5.97 Å². The van der Waals surface area contributed by atoms with E-state index in [9.17, 15) is 4.79 Å². The van der Waals surface area contributed by atoms with Crippen LogP contribution in [-0.4, -0.2) is 21.0 Å². The van der Waals surface area contributed by atoms with Crippen molar-refractivity contribution >= 4 is 16.9 Å². The number of carbonyl (C=O) groups is 1. The molecule has 1 unspecified atom stereocenters. The van der Waals surface area contributed by atoms with Crippen molar-refractivity contribution in [1.82, 2.24) is 9.97 Å². The van der Waals surface area contributed by atoms with Gasteiger partial charge in [-0.3, -0.25) is 4.79 Å². The monoisotopic (exact) mass is 230 g/mol. The summed E-state index contributed by atoms with van der Waals surface area (Å²) in [6, 6.07) is 7.66. The second-order valence-electron chi connectivity index (χ2n) is 3.99. The maximum atomic E-state index is 11.0. The van der Waals surface area contributed by atoms with Crippen LogP contribution in [0.1, 0.15) is 19.0 Å². The zero-order chi connectivity index (χ0) is 12.3. The maximum Gasteiger partial charge on any atom is 0.306 e. The number of aromatic nitrogens is 2. The summed E-state index contributed by atoms with van der Waals surface area (Å²) in [6.07, 6.45) is 2.55. The largest absolute Gasteiger partial charge is 0.481 e. The van der Waals surface area contributed by atoms with E-state index in [0.29, 0.717) is 12.8 Å². The van der Waals surface area contributed by atoms with Crippen LogP contribution in [-0.2, 0) is 11.2 Å². The molecule has 1 aromatic carbocycles. The van der Waals surface area contributed by atoms with E-state index in [4.69, 9.17) is 5.11 Å². The van der Waals surface area contributed by atoms with Gasteiger partial charge < -0.3 is 5.11 Å². The Kier molecular flexibility index (Phi) is 3.32. The number of benzene rings is 1. The minimum atomic E-state index is -0.768. The standard InChI is InChI=1S/C13H14N2O2/c1-2-9(13(16)17)7-12-10-5-3-4-6-11(10)14-8-15-12/h3-6,8-9H,2,7H2,1H3,(H,16,17). The van der Waals surface area contributed by atoms with Crippen molar-refractivity contribution < 1.29 is 9.90 Å². The summed E-state index contributed by atoms with van der Waals surface area (Å²) in [5.41, 5.74) is 1.67. The normalized spacial score (nSPS) is 12.5. The van der Waals surface area contributed by atoms with Crippen LogP contribution < -0.4 is 0 Å². The molecule has 0 aliphatic heterocycles. The molecule has 1 N–H and O–H groups in total. The molecule has 0 saturated heterocycles. The number of nitrogens with zero attached hydrogens (tertiary/aromatic N) is 2. The van der Waals surface area contributed by atoms with Gasteiger partial charge in [0.15, 0.2) is 0 Å². The molecule has 17 heavy (non-hydrogen) atoms. The number of hydrogen-bond acceptors (Lipinski definition) is 3. The molecule has 0 aliphatic rings. The Morgan fingerprint density at radius 3 is 2.82 bits per heavy atom. The molecule has 0 amide bonds. The highest BCUT2D eigenvalue weighted by molar-refractivity contribution is 5.81. The van der Waals surface area contributed by atoms with Gasteiger partial charge in [-0.1, -0.05) is 25.1 Å². The van der Waals surface area contributed by atoms with Crippen molar-refractivity contribution in [2.45, 2.75) is 19.8 Å². The summed E-state index contributed by atoms with van der Waals surface area (Å²) in [6.45, 7) is 1.88. The number of carboxylic acid groups (broad SMARTS) is 1. The first kappa shape index (κ1) is 11.5. The molecule has 4 heteroatoms. The first-order valence-corrected chi connectivity index (χ1v) is 5.63. The lowest BCUT2D eigenvalue weighted by Crippen LogP contribution is -2.16. The highest BCUT2D eigenvalue weighted by Gasteiger charge is 2.17. The third kappa shape index (κ3) is 2.41. The first-order chi connectivity index (χ1) is 8.22. The third-order valence-electron chi connectivity index (χ3n) is 2.91. The zero-order valence-electron chi connectivity index (χ0n) is 9.63. The van der Waals surface area contributed by atoms with Crippen molar-refractivity contribution in [2.24, 2.45) is 5.92 Å². The van der Waals surface area contributed by atoms with E-state index in [0.717, 1.165) is 16.6 Å². The SMILES string of the molecule is CCC(Cc1ncnc2ccccc12)C(=O)O. The van der Waals surface area contributed by atoms with Gasteiger partial charge in [0.25, 0.3) is 0 Å². The van der Waals surface area contributed by atoms with Gasteiger partial charge in [0, 0.05) is 11.8 Å². The number of hydrogen-bond donors (Lipinski definition) is 1. The van der Waals surface area contributed by atoms with Gasteiger partial charge in [0.1, 0.15) is 6.33 Å². The Labute approximate surface area is 99.3 Å². The molecular weight excluding hydrogens is 216 g/mol. The highest BCUT2D eigenvalue weighted by atomic mass is 16.4. The lowest BCUT2D eigenvalue weighted by Gasteiger charge is -2.10. The fraction of sp³-hybridized carbons (Fsp3) is 0.308. The molecule has 0 radical (unpaired) electrons. The summed E-state index contributed by atoms with van der Waals surface area (Å²) in [4.78, 5) is 19.4. The summed E-state index contributed by atoms with van der Waals surface area (Å²) in [5.74, 6) is -1.15. The molecular formula is C13H14N2O2. The Morgan fingerprint density at radius 1 is 1.35 bits per heavy atom. The fourth-order valence-corrected chi connectivity index (χ4v) is 1.86. The van der Waals surface area contributed by atoms with Crippen LogP contribution in [0.4, 0.5) is 0 Å². The second-order valence-corrected chi connectivity index (χ2v) is 3.99. The minimum Gasteiger partial charge on any atom is -0.481 e. The Hall–Kier alpha value is -1.97. The first-order valence-electron chi connectivity index (χ1n) is 5.63. The van der Waals surface area contributed by atoms with Gasteiger partial charge in [-0.05, 0) is 12.5 Å².